The minimum absolute atomic E-state index is 0.0110. The average molecular weight is 270 g/mol. The molecule has 0 saturated heterocycles. The SMILES string of the molecule is Cc1ncc2cc3n(c2n1)C1(CCCCC1)CNC3=O. The first kappa shape index (κ1) is 11.9. The number of hydrogen-bond donors (Lipinski definition) is 1. The van der Waals surface area contributed by atoms with E-state index in [-0.39, 0.29) is 11.4 Å². The molecule has 0 atom stereocenters. The number of amides is 1. The molecule has 0 bridgehead atoms. The van der Waals surface area contributed by atoms with Gasteiger partial charge in [0.1, 0.15) is 17.2 Å². The quantitative estimate of drug-likeness (QED) is 0.798. The van der Waals surface area contributed by atoms with Crippen molar-refractivity contribution in [3.8, 4) is 0 Å². The fraction of sp³-hybridized carbons (Fsp3) is 0.533. The first-order valence-corrected chi connectivity index (χ1v) is 7.33. The van der Waals surface area contributed by atoms with E-state index in [1.807, 2.05) is 19.2 Å². The van der Waals surface area contributed by atoms with Gasteiger partial charge in [0.15, 0.2) is 0 Å². The Morgan fingerprint density at radius 2 is 2.10 bits per heavy atom. The summed E-state index contributed by atoms with van der Waals surface area (Å²) in [4.78, 5) is 21.0. The van der Waals surface area contributed by atoms with Crippen molar-refractivity contribution in [3.05, 3.63) is 23.8 Å². The van der Waals surface area contributed by atoms with E-state index in [0.717, 1.165) is 41.9 Å². The first-order chi connectivity index (χ1) is 9.70. The van der Waals surface area contributed by atoms with Gasteiger partial charge in [-0.2, -0.15) is 0 Å². The van der Waals surface area contributed by atoms with Crippen LogP contribution in [0.2, 0.25) is 0 Å². The lowest BCUT2D eigenvalue weighted by molar-refractivity contribution is 0.0833. The van der Waals surface area contributed by atoms with E-state index in [1.165, 1.54) is 19.3 Å². The summed E-state index contributed by atoms with van der Waals surface area (Å²) in [5.41, 5.74) is 1.68. The van der Waals surface area contributed by atoms with Gasteiger partial charge in [0, 0.05) is 18.1 Å². The van der Waals surface area contributed by atoms with Crippen LogP contribution in [0.3, 0.4) is 0 Å². The van der Waals surface area contributed by atoms with Crippen LogP contribution in [0.25, 0.3) is 11.0 Å². The van der Waals surface area contributed by atoms with Gasteiger partial charge >= 0.3 is 0 Å². The first-order valence-electron chi connectivity index (χ1n) is 7.33. The molecule has 1 amide bonds. The highest BCUT2D eigenvalue weighted by atomic mass is 16.2. The zero-order chi connectivity index (χ0) is 13.7. The van der Waals surface area contributed by atoms with Crippen LogP contribution in [0, 0.1) is 6.92 Å². The monoisotopic (exact) mass is 270 g/mol. The standard InChI is InChI=1S/C15H18N4O/c1-10-16-8-11-7-12-14(20)17-9-15(5-3-2-4-6-15)19(12)13(11)18-10/h7-8H,2-6,9H2,1H3,(H,17,20). The Bertz CT molecular complexity index is 697. The third-order valence-electron chi connectivity index (χ3n) is 4.73. The van der Waals surface area contributed by atoms with Crippen molar-refractivity contribution < 1.29 is 4.79 Å². The van der Waals surface area contributed by atoms with E-state index in [0.29, 0.717) is 0 Å². The summed E-state index contributed by atoms with van der Waals surface area (Å²) in [6.45, 7) is 2.63. The van der Waals surface area contributed by atoms with Gasteiger partial charge in [-0.25, -0.2) is 9.97 Å². The molecule has 2 aromatic rings. The Balaban J connectivity index is 2.01. The summed E-state index contributed by atoms with van der Waals surface area (Å²) in [7, 11) is 0. The van der Waals surface area contributed by atoms with E-state index >= 15 is 0 Å². The van der Waals surface area contributed by atoms with Crippen LogP contribution < -0.4 is 5.32 Å². The fourth-order valence-corrected chi connectivity index (χ4v) is 3.75. The number of fused-ring (bicyclic) bond motifs is 4. The van der Waals surface area contributed by atoms with Crippen LogP contribution >= 0.6 is 0 Å². The second kappa shape index (κ2) is 4.04. The van der Waals surface area contributed by atoms with Gasteiger partial charge in [-0.3, -0.25) is 4.79 Å². The Labute approximate surface area is 117 Å². The maximum absolute atomic E-state index is 12.2. The van der Waals surface area contributed by atoms with Crippen LogP contribution in [-0.2, 0) is 5.54 Å². The molecule has 20 heavy (non-hydrogen) atoms. The number of aromatic nitrogens is 3. The summed E-state index contributed by atoms with van der Waals surface area (Å²) in [5.74, 6) is 0.771. The van der Waals surface area contributed by atoms with E-state index in [2.05, 4.69) is 19.9 Å². The second-order valence-corrected chi connectivity index (χ2v) is 6.03. The summed E-state index contributed by atoms with van der Waals surface area (Å²) < 4.78 is 2.20. The number of aryl methyl sites for hydroxylation is 1. The van der Waals surface area contributed by atoms with E-state index in [4.69, 9.17) is 0 Å². The number of rotatable bonds is 0. The third kappa shape index (κ3) is 1.52. The highest BCUT2D eigenvalue weighted by Gasteiger charge is 2.41. The molecule has 2 aliphatic rings. The Hall–Kier alpha value is -1.91. The molecule has 5 nitrogen and oxygen atoms in total. The average Bonchev–Trinajstić information content (AvgIpc) is 2.85. The van der Waals surface area contributed by atoms with Crippen molar-refractivity contribution in [1.82, 2.24) is 19.9 Å². The van der Waals surface area contributed by atoms with Crippen molar-refractivity contribution in [1.29, 1.82) is 0 Å². The van der Waals surface area contributed by atoms with Crippen LogP contribution in [-0.4, -0.2) is 27.0 Å². The minimum atomic E-state index is 0.0110. The van der Waals surface area contributed by atoms with Crippen molar-refractivity contribution in [2.24, 2.45) is 0 Å². The lowest BCUT2D eigenvalue weighted by Gasteiger charge is -2.42. The van der Waals surface area contributed by atoms with Crippen LogP contribution in [0.4, 0.5) is 0 Å². The minimum Gasteiger partial charge on any atom is -0.348 e. The molecule has 1 N–H and O–H groups in total. The second-order valence-electron chi connectivity index (χ2n) is 6.03. The smallest absolute Gasteiger partial charge is 0.268 e. The van der Waals surface area contributed by atoms with Crippen molar-refractivity contribution in [2.75, 3.05) is 6.54 Å². The summed E-state index contributed by atoms with van der Waals surface area (Å²) >= 11 is 0. The molecule has 5 heteroatoms. The van der Waals surface area contributed by atoms with Crippen molar-refractivity contribution in [3.63, 3.8) is 0 Å². The van der Waals surface area contributed by atoms with Gasteiger partial charge in [-0.1, -0.05) is 19.3 Å². The van der Waals surface area contributed by atoms with Crippen LogP contribution in [0.5, 0.6) is 0 Å². The summed E-state index contributed by atoms with van der Waals surface area (Å²) in [5, 5.41) is 4.03. The molecule has 0 aromatic carbocycles. The lowest BCUT2D eigenvalue weighted by atomic mass is 9.80. The highest BCUT2D eigenvalue weighted by molar-refractivity contribution is 5.99. The third-order valence-corrected chi connectivity index (χ3v) is 4.73. The topological polar surface area (TPSA) is 59.8 Å². The Morgan fingerprint density at radius 3 is 2.90 bits per heavy atom. The van der Waals surface area contributed by atoms with E-state index in [1.54, 1.807) is 0 Å². The number of nitrogens with zero attached hydrogens (tertiary/aromatic N) is 3. The predicted octanol–water partition coefficient (Wildman–Crippen LogP) is 2.14. The molecular formula is C15H18N4O. The van der Waals surface area contributed by atoms with Crippen molar-refractivity contribution >= 4 is 16.9 Å². The van der Waals surface area contributed by atoms with Crippen molar-refractivity contribution in [2.45, 2.75) is 44.6 Å². The maximum Gasteiger partial charge on any atom is 0.268 e. The normalized spacial score (nSPS) is 20.9. The zero-order valence-corrected chi connectivity index (χ0v) is 11.6. The molecule has 0 radical (unpaired) electrons. The van der Waals surface area contributed by atoms with Crippen LogP contribution in [0.1, 0.15) is 48.4 Å². The van der Waals surface area contributed by atoms with Gasteiger partial charge in [-0.05, 0) is 25.8 Å². The molecule has 2 aromatic heterocycles. The highest BCUT2D eigenvalue weighted by Crippen LogP contribution is 2.40. The largest absolute Gasteiger partial charge is 0.348 e. The Morgan fingerprint density at radius 1 is 1.30 bits per heavy atom. The molecule has 1 spiro atoms. The molecular weight excluding hydrogens is 252 g/mol. The van der Waals surface area contributed by atoms with Gasteiger partial charge in [0.2, 0.25) is 0 Å². The number of hydrogen-bond acceptors (Lipinski definition) is 3. The molecule has 0 unspecified atom stereocenters. The maximum atomic E-state index is 12.2. The fourth-order valence-electron chi connectivity index (χ4n) is 3.75. The van der Waals surface area contributed by atoms with Gasteiger partial charge in [0.25, 0.3) is 5.91 Å². The number of carbonyl (C=O) groups is 1. The Kier molecular flexibility index (Phi) is 2.40. The molecule has 1 aliphatic carbocycles. The van der Waals surface area contributed by atoms with E-state index in [9.17, 15) is 4.79 Å². The molecule has 3 heterocycles. The summed E-state index contributed by atoms with van der Waals surface area (Å²) in [6.07, 6.45) is 7.79. The molecule has 104 valence electrons. The molecule has 4 rings (SSSR count). The molecule has 1 fully saturated rings. The van der Waals surface area contributed by atoms with Gasteiger partial charge < -0.3 is 9.88 Å². The van der Waals surface area contributed by atoms with Crippen LogP contribution in [0.15, 0.2) is 12.3 Å². The number of carbonyl (C=O) groups excluding carboxylic acids is 1. The number of nitrogens with one attached hydrogen (secondary N) is 1. The summed E-state index contributed by atoms with van der Waals surface area (Å²) in [6, 6.07) is 1.93. The van der Waals surface area contributed by atoms with Gasteiger partial charge in [0.05, 0.1) is 5.54 Å². The lowest BCUT2D eigenvalue weighted by Crippen LogP contribution is -2.52. The molecule has 1 saturated carbocycles. The zero-order valence-electron chi connectivity index (χ0n) is 11.6. The predicted molar refractivity (Wildman–Crippen MR) is 75.7 cm³/mol. The molecule has 1 aliphatic heterocycles. The van der Waals surface area contributed by atoms with Gasteiger partial charge in [-0.15, -0.1) is 0 Å². The van der Waals surface area contributed by atoms with E-state index < -0.39 is 0 Å².